The standard InChI is InChI=1S/C29H30O4/c1-19-16-20(2)26(21(3)17-19)25(27(28(30)32-4)29(31)33-5)18-24(22-12-8-6-9-13-22)23-14-10-7-11-15-23/h6-18,25,27H,1-5H3. The van der Waals surface area contributed by atoms with Crippen molar-refractivity contribution in [2.75, 3.05) is 14.2 Å². The Kier molecular flexibility index (Phi) is 7.83. The highest BCUT2D eigenvalue weighted by atomic mass is 16.5. The Bertz CT molecular complexity index is 1070. The molecular weight excluding hydrogens is 412 g/mol. The molecule has 0 radical (unpaired) electrons. The van der Waals surface area contributed by atoms with Gasteiger partial charge in [-0.2, -0.15) is 0 Å². The van der Waals surface area contributed by atoms with E-state index in [2.05, 4.69) is 12.1 Å². The normalized spacial score (nSPS) is 11.6. The lowest BCUT2D eigenvalue weighted by atomic mass is 9.78. The molecule has 0 N–H and O–H groups in total. The van der Waals surface area contributed by atoms with Gasteiger partial charge in [-0.1, -0.05) is 84.4 Å². The molecule has 0 saturated carbocycles. The van der Waals surface area contributed by atoms with Crippen molar-refractivity contribution in [2.45, 2.75) is 26.7 Å². The summed E-state index contributed by atoms with van der Waals surface area (Å²) in [6.45, 7) is 6.05. The Labute approximate surface area is 195 Å². The van der Waals surface area contributed by atoms with Crippen LogP contribution in [0.2, 0.25) is 0 Å². The number of carbonyl (C=O) groups excluding carboxylic acids is 2. The Morgan fingerprint density at radius 3 is 1.55 bits per heavy atom. The van der Waals surface area contributed by atoms with E-state index in [1.807, 2.05) is 87.5 Å². The predicted molar refractivity (Wildman–Crippen MR) is 131 cm³/mol. The van der Waals surface area contributed by atoms with Gasteiger partial charge in [0, 0.05) is 5.92 Å². The van der Waals surface area contributed by atoms with Crippen LogP contribution in [0.15, 0.2) is 78.9 Å². The van der Waals surface area contributed by atoms with Crippen LogP contribution in [0.25, 0.3) is 5.57 Å². The molecule has 3 aromatic carbocycles. The van der Waals surface area contributed by atoms with Crippen molar-refractivity contribution >= 4 is 17.5 Å². The molecule has 0 spiro atoms. The van der Waals surface area contributed by atoms with Gasteiger partial charge in [0.05, 0.1) is 14.2 Å². The number of ether oxygens (including phenoxy) is 2. The Morgan fingerprint density at radius 1 is 0.727 bits per heavy atom. The molecule has 0 bridgehead atoms. The van der Waals surface area contributed by atoms with Crippen LogP contribution < -0.4 is 0 Å². The molecule has 0 aromatic heterocycles. The molecule has 33 heavy (non-hydrogen) atoms. The van der Waals surface area contributed by atoms with Crippen LogP contribution in [-0.4, -0.2) is 26.2 Å². The van der Waals surface area contributed by atoms with E-state index in [1.165, 1.54) is 14.2 Å². The monoisotopic (exact) mass is 442 g/mol. The van der Waals surface area contributed by atoms with E-state index in [0.29, 0.717) is 0 Å². The Hall–Kier alpha value is -3.66. The van der Waals surface area contributed by atoms with Crippen molar-refractivity contribution in [1.29, 1.82) is 0 Å². The van der Waals surface area contributed by atoms with Gasteiger partial charge in [0.2, 0.25) is 0 Å². The molecule has 0 aliphatic rings. The van der Waals surface area contributed by atoms with Crippen LogP contribution in [0.5, 0.6) is 0 Å². The van der Waals surface area contributed by atoms with Gasteiger partial charge in [0.25, 0.3) is 0 Å². The van der Waals surface area contributed by atoms with E-state index in [-0.39, 0.29) is 0 Å². The smallest absolute Gasteiger partial charge is 0.321 e. The van der Waals surface area contributed by atoms with Crippen molar-refractivity contribution in [2.24, 2.45) is 5.92 Å². The molecule has 0 aliphatic heterocycles. The number of carbonyl (C=O) groups is 2. The largest absolute Gasteiger partial charge is 0.468 e. The van der Waals surface area contributed by atoms with Crippen LogP contribution in [0, 0.1) is 26.7 Å². The Balaban J connectivity index is 2.35. The van der Waals surface area contributed by atoms with Gasteiger partial charge in [0.1, 0.15) is 0 Å². The number of esters is 2. The van der Waals surface area contributed by atoms with Crippen LogP contribution in [0.1, 0.15) is 39.3 Å². The van der Waals surface area contributed by atoms with Gasteiger partial charge >= 0.3 is 11.9 Å². The first-order chi connectivity index (χ1) is 15.9. The molecule has 1 atom stereocenters. The maximum Gasteiger partial charge on any atom is 0.321 e. The van der Waals surface area contributed by atoms with E-state index in [9.17, 15) is 9.59 Å². The molecule has 0 fully saturated rings. The second-order valence-corrected chi connectivity index (χ2v) is 8.17. The first kappa shape index (κ1) is 24.0. The maximum atomic E-state index is 12.9. The summed E-state index contributed by atoms with van der Waals surface area (Å²) in [6, 6.07) is 24.1. The topological polar surface area (TPSA) is 52.6 Å². The summed E-state index contributed by atoms with van der Waals surface area (Å²) >= 11 is 0. The number of rotatable bonds is 7. The lowest BCUT2D eigenvalue weighted by Crippen LogP contribution is -2.32. The highest BCUT2D eigenvalue weighted by Crippen LogP contribution is 2.37. The second-order valence-electron chi connectivity index (χ2n) is 8.17. The molecule has 1 unspecified atom stereocenters. The first-order valence-corrected chi connectivity index (χ1v) is 10.9. The minimum Gasteiger partial charge on any atom is -0.468 e. The van der Waals surface area contributed by atoms with Crippen LogP contribution in [0.3, 0.4) is 0 Å². The predicted octanol–water partition coefficient (Wildman–Crippen LogP) is 5.79. The number of hydrogen-bond donors (Lipinski definition) is 0. The van der Waals surface area contributed by atoms with E-state index in [1.54, 1.807) is 0 Å². The molecule has 4 heteroatoms. The fourth-order valence-electron chi connectivity index (χ4n) is 4.48. The third-order valence-corrected chi connectivity index (χ3v) is 5.86. The van der Waals surface area contributed by atoms with Crippen molar-refractivity contribution in [3.63, 3.8) is 0 Å². The summed E-state index contributed by atoms with van der Waals surface area (Å²) in [5, 5.41) is 0. The average Bonchev–Trinajstić information content (AvgIpc) is 2.82. The molecule has 0 saturated heterocycles. The van der Waals surface area contributed by atoms with Crippen LogP contribution >= 0.6 is 0 Å². The van der Waals surface area contributed by atoms with Crippen LogP contribution in [-0.2, 0) is 19.1 Å². The summed E-state index contributed by atoms with van der Waals surface area (Å²) in [6.07, 6.45) is 2.01. The van der Waals surface area contributed by atoms with Gasteiger partial charge < -0.3 is 9.47 Å². The molecule has 0 aliphatic carbocycles. The minimum atomic E-state index is -1.14. The SMILES string of the molecule is COC(=O)C(C(=O)OC)C(C=C(c1ccccc1)c1ccccc1)c1c(C)cc(C)cc1C. The number of benzene rings is 3. The summed E-state index contributed by atoms with van der Waals surface area (Å²) in [5.74, 6) is -2.96. The molecule has 3 rings (SSSR count). The van der Waals surface area contributed by atoms with Crippen molar-refractivity contribution in [1.82, 2.24) is 0 Å². The number of aryl methyl sites for hydroxylation is 3. The number of methoxy groups -OCH3 is 2. The molecule has 3 aromatic rings. The first-order valence-electron chi connectivity index (χ1n) is 10.9. The van der Waals surface area contributed by atoms with Gasteiger partial charge in [0.15, 0.2) is 5.92 Å². The molecule has 4 nitrogen and oxygen atoms in total. The fraction of sp³-hybridized carbons (Fsp3) is 0.241. The van der Waals surface area contributed by atoms with Gasteiger partial charge in [-0.05, 0) is 54.2 Å². The van der Waals surface area contributed by atoms with Gasteiger partial charge in [-0.15, -0.1) is 0 Å². The zero-order valence-corrected chi connectivity index (χ0v) is 19.8. The number of allylic oxidation sites excluding steroid dienone is 1. The third kappa shape index (κ3) is 5.40. The maximum absolute atomic E-state index is 12.9. The molecule has 0 heterocycles. The summed E-state index contributed by atoms with van der Waals surface area (Å²) in [4.78, 5) is 25.8. The molecule has 0 amide bonds. The lowest BCUT2D eigenvalue weighted by Gasteiger charge is -2.26. The zero-order chi connectivity index (χ0) is 24.0. The molecular formula is C29H30O4. The van der Waals surface area contributed by atoms with E-state index < -0.39 is 23.8 Å². The highest BCUT2D eigenvalue weighted by molar-refractivity contribution is 5.97. The fourth-order valence-corrected chi connectivity index (χ4v) is 4.48. The van der Waals surface area contributed by atoms with Gasteiger partial charge in [-0.3, -0.25) is 9.59 Å². The highest BCUT2D eigenvalue weighted by Gasteiger charge is 2.38. The summed E-state index contributed by atoms with van der Waals surface area (Å²) in [7, 11) is 2.59. The van der Waals surface area contributed by atoms with Crippen molar-refractivity contribution < 1.29 is 19.1 Å². The minimum absolute atomic E-state index is 0.582. The molecule has 170 valence electrons. The quantitative estimate of drug-likeness (QED) is 0.343. The average molecular weight is 443 g/mol. The van der Waals surface area contributed by atoms with Crippen molar-refractivity contribution in [3.8, 4) is 0 Å². The van der Waals surface area contributed by atoms with E-state index in [0.717, 1.165) is 39.0 Å². The van der Waals surface area contributed by atoms with Crippen LogP contribution in [0.4, 0.5) is 0 Å². The number of hydrogen-bond acceptors (Lipinski definition) is 4. The van der Waals surface area contributed by atoms with E-state index in [4.69, 9.17) is 9.47 Å². The summed E-state index contributed by atoms with van der Waals surface area (Å²) < 4.78 is 10.1. The third-order valence-electron chi connectivity index (χ3n) is 5.86. The van der Waals surface area contributed by atoms with Crippen molar-refractivity contribution in [3.05, 3.63) is 112 Å². The second kappa shape index (κ2) is 10.8. The van der Waals surface area contributed by atoms with Gasteiger partial charge in [-0.25, -0.2) is 0 Å². The Morgan fingerprint density at radius 2 is 1.15 bits per heavy atom. The zero-order valence-electron chi connectivity index (χ0n) is 19.8. The lowest BCUT2D eigenvalue weighted by molar-refractivity contribution is -0.159. The summed E-state index contributed by atoms with van der Waals surface area (Å²) in [5.41, 5.74) is 6.97. The van der Waals surface area contributed by atoms with E-state index >= 15 is 0 Å².